The van der Waals surface area contributed by atoms with E-state index in [1.54, 1.807) is 37.3 Å². The van der Waals surface area contributed by atoms with Gasteiger partial charge < -0.3 is 14.6 Å². The second kappa shape index (κ2) is 11.7. The Labute approximate surface area is 212 Å². The molecule has 0 aliphatic rings. The normalized spacial score (nSPS) is 11.9. The van der Waals surface area contributed by atoms with E-state index >= 15 is 0 Å². The lowest BCUT2D eigenvalue weighted by Crippen LogP contribution is -2.10. The number of hydrogen-bond acceptors (Lipinski definition) is 4. The molecule has 0 aliphatic carbocycles. The molecule has 0 unspecified atom stereocenters. The van der Waals surface area contributed by atoms with Crippen LogP contribution in [0, 0.1) is 10.5 Å². The first-order valence-electron chi connectivity index (χ1n) is 10.0. The first-order valence-corrected chi connectivity index (χ1v) is 11.9. The van der Waals surface area contributed by atoms with Gasteiger partial charge in [0.1, 0.15) is 18.1 Å². The van der Waals surface area contributed by atoms with Crippen LogP contribution in [0.3, 0.4) is 0 Å². The van der Waals surface area contributed by atoms with Crippen LogP contribution in [0.15, 0.2) is 77.7 Å². The Morgan fingerprint density at radius 3 is 2.18 bits per heavy atom. The van der Waals surface area contributed by atoms with Crippen LogP contribution in [0.2, 0.25) is 0 Å². The molecule has 0 radical (unpaired) electrons. The zero-order valence-electron chi connectivity index (χ0n) is 17.9. The third kappa shape index (κ3) is 7.98. The molecule has 0 atom stereocenters. The summed E-state index contributed by atoms with van der Waals surface area (Å²) in [6, 6.07) is 19.1. The number of alkyl halides is 3. The number of carboxylic acids is 1. The quantitative estimate of drug-likeness (QED) is 0.208. The Morgan fingerprint density at radius 1 is 1.00 bits per heavy atom. The van der Waals surface area contributed by atoms with E-state index in [2.05, 4.69) is 22.6 Å². The molecule has 0 aliphatic heterocycles. The number of rotatable bonds is 9. The average Bonchev–Trinajstić information content (AvgIpc) is 2.76. The van der Waals surface area contributed by atoms with E-state index < -0.39 is 18.1 Å². The second-order valence-corrected chi connectivity index (χ2v) is 9.50. The van der Waals surface area contributed by atoms with Crippen LogP contribution in [0.5, 0.6) is 11.5 Å². The minimum Gasteiger partial charge on any atom is -0.489 e. The van der Waals surface area contributed by atoms with Gasteiger partial charge in [-0.25, -0.2) is 4.79 Å². The minimum atomic E-state index is -4.34. The van der Waals surface area contributed by atoms with Crippen molar-refractivity contribution < 1.29 is 32.5 Å². The summed E-state index contributed by atoms with van der Waals surface area (Å²) < 4.78 is 50.1. The smallest absolute Gasteiger partial charge is 0.446 e. The highest BCUT2D eigenvalue weighted by atomic mass is 127. The highest BCUT2D eigenvalue weighted by molar-refractivity contribution is 14.1. The number of ether oxygens (including phenoxy) is 2. The summed E-state index contributed by atoms with van der Waals surface area (Å²) in [6.45, 7) is 1.58. The number of carboxylic acid groups (broad SMARTS) is 1. The molecule has 0 fully saturated rings. The predicted molar refractivity (Wildman–Crippen MR) is 134 cm³/mol. The Bertz CT molecular complexity index is 1160. The summed E-state index contributed by atoms with van der Waals surface area (Å²) in [4.78, 5) is 10.8. The Morgan fingerprint density at radius 2 is 1.62 bits per heavy atom. The van der Waals surface area contributed by atoms with E-state index in [1.807, 2.05) is 30.3 Å². The monoisotopic (exact) mass is 600 g/mol. The fraction of sp³-hybridized carbons (Fsp3) is 0.160. The molecule has 3 aromatic carbocycles. The van der Waals surface area contributed by atoms with Gasteiger partial charge in [-0.3, -0.25) is 0 Å². The fourth-order valence-corrected chi connectivity index (χ4v) is 4.00. The zero-order chi connectivity index (χ0) is 24.7. The summed E-state index contributed by atoms with van der Waals surface area (Å²) >= 11 is 2.06. The summed E-state index contributed by atoms with van der Waals surface area (Å²) in [5, 5.41) is 8.75. The lowest BCUT2D eigenvalue weighted by Gasteiger charge is -2.12. The molecule has 0 heterocycles. The molecule has 9 heteroatoms. The number of aliphatic carboxylic acids is 1. The van der Waals surface area contributed by atoms with Crippen molar-refractivity contribution in [3.8, 4) is 11.5 Å². The SMILES string of the molecule is Cc1cc(OC/C=C(/c2ccc(I)cc2)c2ccc(SC(F)(F)F)cc2)ccc1OCC(=O)O. The van der Waals surface area contributed by atoms with Crippen LogP contribution in [0.1, 0.15) is 16.7 Å². The van der Waals surface area contributed by atoms with Gasteiger partial charge in [-0.2, -0.15) is 13.2 Å². The van der Waals surface area contributed by atoms with Crippen molar-refractivity contribution in [3.63, 3.8) is 0 Å². The van der Waals surface area contributed by atoms with Crippen molar-refractivity contribution in [3.05, 3.63) is 93.1 Å². The summed E-state index contributed by atoms with van der Waals surface area (Å²) in [5.74, 6) is -0.0185. The van der Waals surface area contributed by atoms with Gasteiger partial charge in [-0.1, -0.05) is 24.3 Å². The maximum absolute atomic E-state index is 12.7. The second-order valence-electron chi connectivity index (χ2n) is 7.12. The van der Waals surface area contributed by atoms with Gasteiger partial charge in [-0.05, 0) is 112 Å². The third-order valence-corrected chi connectivity index (χ3v) is 6.05. The minimum absolute atomic E-state index is 0.121. The van der Waals surface area contributed by atoms with Gasteiger partial charge >= 0.3 is 11.5 Å². The number of thioether (sulfide) groups is 1. The van der Waals surface area contributed by atoms with Crippen molar-refractivity contribution in [1.29, 1.82) is 0 Å². The molecule has 0 amide bonds. The first kappa shape index (κ1) is 26.0. The molecule has 4 nitrogen and oxygen atoms in total. The number of benzene rings is 3. The molecule has 0 spiro atoms. The Kier molecular flexibility index (Phi) is 8.90. The molecular weight excluding hydrogens is 580 g/mol. The predicted octanol–water partition coefficient (Wildman–Crippen LogP) is 7.19. The molecule has 1 N–H and O–H groups in total. The van der Waals surface area contributed by atoms with Gasteiger partial charge in [0, 0.05) is 8.47 Å². The molecule has 178 valence electrons. The lowest BCUT2D eigenvalue weighted by molar-refractivity contribution is -0.139. The molecule has 0 saturated carbocycles. The van der Waals surface area contributed by atoms with Crippen molar-refractivity contribution in [2.75, 3.05) is 13.2 Å². The Balaban J connectivity index is 1.79. The number of halogens is 4. The summed E-state index contributed by atoms with van der Waals surface area (Å²) in [5.41, 5.74) is -1.09. The van der Waals surface area contributed by atoms with Gasteiger partial charge in [0.05, 0.1) is 0 Å². The number of aryl methyl sites for hydroxylation is 1. The number of hydrogen-bond donors (Lipinski definition) is 1. The maximum Gasteiger partial charge on any atom is 0.446 e. The van der Waals surface area contributed by atoms with E-state index in [1.165, 1.54) is 12.1 Å². The van der Waals surface area contributed by atoms with E-state index in [4.69, 9.17) is 14.6 Å². The Hall–Kier alpha value is -2.66. The summed E-state index contributed by atoms with van der Waals surface area (Å²) in [6.07, 6.45) is 1.87. The zero-order valence-corrected chi connectivity index (χ0v) is 20.9. The third-order valence-electron chi connectivity index (χ3n) is 4.59. The summed E-state index contributed by atoms with van der Waals surface area (Å²) in [7, 11) is 0. The van der Waals surface area contributed by atoms with Crippen LogP contribution in [0.4, 0.5) is 13.2 Å². The van der Waals surface area contributed by atoms with E-state index in [0.717, 1.165) is 25.8 Å². The van der Waals surface area contributed by atoms with Gasteiger partial charge in [0.2, 0.25) is 0 Å². The fourth-order valence-electron chi connectivity index (χ4n) is 3.10. The van der Waals surface area contributed by atoms with Gasteiger partial charge in [-0.15, -0.1) is 0 Å². The van der Waals surface area contributed by atoms with Gasteiger partial charge in [0.25, 0.3) is 0 Å². The molecule has 0 aromatic heterocycles. The lowest BCUT2D eigenvalue weighted by atomic mass is 9.98. The highest BCUT2D eigenvalue weighted by Gasteiger charge is 2.29. The molecule has 3 rings (SSSR count). The van der Waals surface area contributed by atoms with Crippen LogP contribution in [-0.4, -0.2) is 29.8 Å². The van der Waals surface area contributed by atoms with E-state index in [-0.39, 0.29) is 23.3 Å². The molecule has 0 saturated heterocycles. The first-order chi connectivity index (χ1) is 16.1. The van der Waals surface area contributed by atoms with Crippen molar-refractivity contribution in [1.82, 2.24) is 0 Å². The van der Waals surface area contributed by atoms with Crippen LogP contribution >= 0.6 is 34.4 Å². The standard InChI is InChI=1S/C25H20F3IO4S/c1-16-14-20(8-11-23(16)33-15-24(30)31)32-13-12-22(17-2-6-19(29)7-3-17)18-4-9-21(10-5-18)34-25(26,27)28/h2-12,14H,13,15H2,1H3,(H,30,31)/b22-12-. The average molecular weight is 600 g/mol. The van der Waals surface area contributed by atoms with Crippen molar-refractivity contribution >= 4 is 45.9 Å². The van der Waals surface area contributed by atoms with Crippen LogP contribution < -0.4 is 9.47 Å². The topological polar surface area (TPSA) is 55.8 Å². The van der Waals surface area contributed by atoms with Crippen LogP contribution in [-0.2, 0) is 4.79 Å². The maximum atomic E-state index is 12.7. The molecule has 3 aromatic rings. The molecule has 0 bridgehead atoms. The van der Waals surface area contributed by atoms with E-state index in [0.29, 0.717) is 11.5 Å². The van der Waals surface area contributed by atoms with Crippen LogP contribution in [0.25, 0.3) is 5.57 Å². The molecule has 34 heavy (non-hydrogen) atoms. The van der Waals surface area contributed by atoms with Crippen molar-refractivity contribution in [2.45, 2.75) is 17.3 Å². The highest BCUT2D eigenvalue weighted by Crippen LogP contribution is 2.37. The largest absolute Gasteiger partial charge is 0.489 e. The number of carbonyl (C=O) groups is 1. The van der Waals surface area contributed by atoms with Crippen molar-refractivity contribution in [2.24, 2.45) is 0 Å². The van der Waals surface area contributed by atoms with Gasteiger partial charge in [0.15, 0.2) is 6.61 Å². The molecular formula is C25H20F3IO4S. The van der Waals surface area contributed by atoms with E-state index in [9.17, 15) is 18.0 Å².